The summed E-state index contributed by atoms with van der Waals surface area (Å²) in [7, 11) is 4.09. The Kier molecular flexibility index (Phi) is 4.88. The molecule has 1 aromatic rings. The normalized spacial score (nSPS) is 21.6. The van der Waals surface area contributed by atoms with Crippen LogP contribution in [0.15, 0.2) is 6.33 Å². The number of hydrogen-bond acceptors (Lipinski definition) is 5. The number of rotatable bonds is 5. The Morgan fingerprint density at radius 1 is 1.40 bits per heavy atom. The van der Waals surface area contributed by atoms with E-state index in [4.69, 9.17) is 0 Å². The summed E-state index contributed by atoms with van der Waals surface area (Å²) in [4.78, 5) is 21.1. The maximum Gasteiger partial charge on any atom is 0.158 e. The second kappa shape index (κ2) is 6.45. The van der Waals surface area contributed by atoms with Crippen molar-refractivity contribution in [1.82, 2.24) is 24.6 Å². The van der Waals surface area contributed by atoms with Crippen molar-refractivity contribution >= 4 is 5.78 Å². The summed E-state index contributed by atoms with van der Waals surface area (Å²) in [5.74, 6) is 1.51. The van der Waals surface area contributed by atoms with Gasteiger partial charge in [0.05, 0.1) is 12.5 Å². The maximum absolute atomic E-state index is 12.5. The average molecular weight is 279 g/mol. The van der Waals surface area contributed by atoms with Crippen LogP contribution in [0.3, 0.4) is 0 Å². The molecule has 20 heavy (non-hydrogen) atoms. The average Bonchev–Trinajstić information content (AvgIpc) is 2.78. The van der Waals surface area contributed by atoms with E-state index in [-0.39, 0.29) is 11.8 Å². The van der Waals surface area contributed by atoms with E-state index in [0.29, 0.717) is 12.3 Å². The zero-order valence-electron chi connectivity index (χ0n) is 12.9. The van der Waals surface area contributed by atoms with Gasteiger partial charge in [-0.25, -0.2) is 9.67 Å². The van der Waals surface area contributed by atoms with Gasteiger partial charge in [-0.3, -0.25) is 9.69 Å². The highest BCUT2D eigenvalue weighted by Crippen LogP contribution is 2.10. The van der Waals surface area contributed by atoms with Gasteiger partial charge in [-0.2, -0.15) is 5.10 Å². The molecule has 0 aliphatic carbocycles. The fourth-order valence-electron chi connectivity index (χ4n) is 2.55. The minimum Gasteiger partial charge on any atom is -0.303 e. The van der Waals surface area contributed by atoms with Crippen molar-refractivity contribution in [3.8, 4) is 0 Å². The molecule has 0 radical (unpaired) electrons. The van der Waals surface area contributed by atoms with Crippen LogP contribution in [-0.2, 0) is 17.8 Å². The number of carbonyl (C=O) groups excluding carboxylic acids is 1. The van der Waals surface area contributed by atoms with Gasteiger partial charge in [0, 0.05) is 26.2 Å². The van der Waals surface area contributed by atoms with E-state index < -0.39 is 0 Å². The molecular weight excluding hydrogens is 254 g/mol. The summed E-state index contributed by atoms with van der Waals surface area (Å²) in [6, 6.07) is -0.0297. The van der Waals surface area contributed by atoms with Crippen LogP contribution >= 0.6 is 0 Å². The lowest BCUT2D eigenvalue weighted by Crippen LogP contribution is -2.54. The summed E-state index contributed by atoms with van der Waals surface area (Å²) in [6.45, 7) is 7.83. The molecule has 0 aromatic carbocycles. The molecule has 6 heteroatoms. The second-order valence-electron chi connectivity index (χ2n) is 6.15. The van der Waals surface area contributed by atoms with Crippen LogP contribution in [0.25, 0.3) is 0 Å². The summed E-state index contributed by atoms with van der Waals surface area (Å²) in [6.07, 6.45) is 1.91. The van der Waals surface area contributed by atoms with Gasteiger partial charge >= 0.3 is 0 Å². The first kappa shape index (κ1) is 15.1. The number of likely N-dealkylation sites (N-methyl/N-ethyl adjacent to an activating group) is 2. The molecule has 0 N–H and O–H groups in total. The van der Waals surface area contributed by atoms with Gasteiger partial charge in [0.1, 0.15) is 12.2 Å². The predicted octanol–water partition coefficient (Wildman–Crippen LogP) is 0.292. The number of nitrogens with zero attached hydrogens (tertiary/aromatic N) is 5. The highest BCUT2D eigenvalue weighted by Gasteiger charge is 2.29. The molecule has 6 nitrogen and oxygen atoms in total. The van der Waals surface area contributed by atoms with Crippen LogP contribution in [0, 0.1) is 5.92 Å². The molecule has 1 aromatic heterocycles. The first-order chi connectivity index (χ1) is 9.47. The van der Waals surface area contributed by atoms with Crippen molar-refractivity contribution in [2.75, 3.05) is 33.7 Å². The molecule has 0 amide bonds. The number of piperazine rings is 1. The Labute approximate surface area is 120 Å². The van der Waals surface area contributed by atoms with Crippen molar-refractivity contribution in [3.63, 3.8) is 0 Å². The highest BCUT2D eigenvalue weighted by atomic mass is 16.1. The molecule has 2 heterocycles. The van der Waals surface area contributed by atoms with Crippen molar-refractivity contribution < 1.29 is 4.79 Å². The van der Waals surface area contributed by atoms with E-state index in [2.05, 4.69) is 40.8 Å². The monoisotopic (exact) mass is 279 g/mol. The summed E-state index contributed by atoms with van der Waals surface area (Å²) < 4.78 is 1.86. The standard InChI is InChI=1S/C14H25N5O/c1-11(2)8-19-14(15-10-16-19)7-13(20)12-9-17(3)5-6-18(12)4/h10-12H,5-9H2,1-4H3. The first-order valence-electron chi connectivity index (χ1n) is 7.25. The molecule has 1 aliphatic rings. The second-order valence-corrected chi connectivity index (χ2v) is 6.15. The molecule has 1 saturated heterocycles. The maximum atomic E-state index is 12.5. The fraction of sp³-hybridized carbons (Fsp3) is 0.786. The molecule has 0 bridgehead atoms. The van der Waals surface area contributed by atoms with Crippen molar-refractivity contribution in [2.45, 2.75) is 32.9 Å². The topological polar surface area (TPSA) is 54.3 Å². The summed E-state index contributed by atoms with van der Waals surface area (Å²) in [5.41, 5.74) is 0. The van der Waals surface area contributed by atoms with Gasteiger partial charge in [-0.15, -0.1) is 0 Å². The van der Waals surface area contributed by atoms with Gasteiger partial charge in [-0.05, 0) is 20.0 Å². The fourth-order valence-corrected chi connectivity index (χ4v) is 2.55. The number of aromatic nitrogens is 3. The van der Waals surface area contributed by atoms with Gasteiger partial charge in [0.2, 0.25) is 0 Å². The lowest BCUT2D eigenvalue weighted by Gasteiger charge is -2.36. The Hall–Kier alpha value is -1.27. The van der Waals surface area contributed by atoms with Crippen molar-refractivity contribution in [1.29, 1.82) is 0 Å². The molecular formula is C14H25N5O. The van der Waals surface area contributed by atoms with Crippen molar-refractivity contribution in [3.05, 3.63) is 12.2 Å². The molecule has 0 saturated carbocycles. The quantitative estimate of drug-likeness (QED) is 0.775. The lowest BCUT2D eigenvalue weighted by atomic mass is 10.1. The minimum atomic E-state index is -0.0297. The Morgan fingerprint density at radius 2 is 2.15 bits per heavy atom. The number of carbonyl (C=O) groups is 1. The summed E-state index contributed by atoms with van der Waals surface area (Å²) in [5, 5.41) is 4.22. The third-order valence-corrected chi connectivity index (χ3v) is 3.79. The number of ketones is 1. The van der Waals surface area contributed by atoms with Crippen LogP contribution in [0.4, 0.5) is 0 Å². The molecule has 0 spiro atoms. The van der Waals surface area contributed by atoms with Crippen LogP contribution in [0.1, 0.15) is 19.7 Å². The van der Waals surface area contributed by atoms with Crippen LogP contribution in [0.2, 0.25) is 0 Å². The first-order valence-corrected chi connectivity index (χ1v) is 7.25. The highest BCUT2D eigenvalue weighted by molar-refractivity contribution is 5.85. The van der Waals surface area contributed by atoms with Crippen LogP contribution in [-0.4, -0.2) is 70.1 Å². The van der Waals surface area contributed by atoms with E-state index in [1.54, 1.807) is 6.33 Å². The van der Waals surface area contributed by atoms with E-state index in [1.165, 1.54) is 0 Å². The third-order valence-electron chi connectivity index (χ3n) is 3.79. The predicted molar refractivity (Wildman–Crippen MR) is 77.5 cm³/mol. The minimum absolute atomic E-state index is 0.0297. The lowest BCUT2D eigenvalue weighted by molar-refractivity contribution is -0.125. The molecule has 2 rings (SSSR count). The number of hydrogen-bond donors (Lipinski definition) is 0. The molecule has 1 unspecified atom stereocenters. The Morgan fingerprint density at radius 3 is 2.85 bits per heavy atom. The van der Waals surface area contributed by atoms with E-state index >= 15 is 0 Å². The van der Waals surface area contributed by atoms with Crippen LogP contribution in [0.5, 0.6) is 0 Å². The molecule has 1 aliphatic heterocycles. The molecule has 1 atom stereocenters. The number of Topliss-reactive ketones (excluding diaryl/α,β-unsaturated/α-hetero) is 1. The van der Waals surface area contributed by atoms with Gasteiger partial charge < -0.3 is 4.90 Å². The van der Waals surface area contributed by atoms with E-state index in [1.807, 2.05) is 11.7 Å². The smallest absolute Gasteiger partial charge is 0.158 e. The zero-order chi connectivity index (χ0) is 14.7. The molecule has 112 valence electrons. The Bertz CT molecular complexity index is 456. The van der Waals surface area contributed by atoms with Crippen molar-refractivity contribution in [2.24, 2.45) is 5.92 Å². The molecule has 1 fully saturated rings. The van der Waals surface area contributed by atoms with E-state index in [0.717, 1.165) is 32.0 Å². The van der Waals surface area contributed by atoms with E-state index in [9.17, 15) is 4.79 Å². The van der Waals surface area contributed by atoms with Gasteiger partial charge in [-0.1, -0.05) is 13.8 Å². The van der Waals surface area contributed by atoms with Gasteiger partial charge in [0.15, 0.2) is 5.78 Å². The SMILES string of the molecule is CC(C)Cn1ncnc1CC(=O)C1CN(C)CCN1C. The largest absolute Gasteiger partial charge is 0.303 e. The zero-order valence-corrected chi connectivity index (χ0v) is 12.9. The van der Waals surface area contributed by atoms with Crippen LogP contribution < -0.4 is 0 Å². The summed E-state index contributed by atoms with van der Waals surface area (Å²) >= 11 is 0. The third kappa shape index (κ3) is 3.64. The van der Waals surface area contributed by atoms with Gasteiger partial charge in [0.25, 0.3) is 0 Å². The Balaban J connectivity index is 2.02.